The topological polar surface area (TPSA) is 32.3 Å². The minimum absolute atomic E-state index is 0.0406. The number of carbonyl (C=O) groups is 1. The van der Waals surface area contributed by atoms with Gasteiger partial charge in [-0.1, -0.05) is 13.8 Å². The molecule has 2 amide bonds. The van der Waals surface area contributed by atoms with Gasteiger partial charge in [-0.3, -0.25) is 0 Å². The second kappa shape index (κ2) is 4.42. The van der Waals surface area contributed by atoms with Crippen molar-refractivity contribution in [2.24, 2.45) is 5.92 Å². The minimum Gasteiger partial charge on any atom is -0.336 e. The molecule has 0 spiro atoms. The van der Waals surface area contributed by atoms with Gasteiger partial charge in [0, 0.05) is 18.1 Å². The molecule has 0 saturated carbocycles. The zero-order valence-electron chi connectivity index (χ0n) is 10.6. The summed E-state index contributed by atoms with van der Waals surface area (Å²) in [5, 5.41) is 2.98. The molecule has 1 N–H and O–H groups in total. The molecule has 0 bridgehead atoms. The van der Waals surface area contributed by atoms with Crippen LogP contribution in [-0.2, 0) is 0 Å². The molecule has 3 heteroatoms. The molecule has 0 aromatic rings. The van der Waals surface area contributed by atoms with Crippen LogP contribution in [0.25, 0.3) is 0 Å². The normalized spacial score (nSPS) is 26.5. The van der Waals surface area contributed by atoms with Gasteiger partial charge in [-0.15, -0.1) is 0 Å². The second-order valence-corrected chi connectivity index (χ2v) is 5.37. The molecule has 1 heterocycles. The highest BCUT2D eigenvalue weighted by atomic mass is 16.2. The molecule has 1 saturated heterocycles. The molecule has 0 radical (unpaired) electrons. The van der Waals surface area contributed by atoms with Gasteiger partial charge in [-0.2, -0.15) is 0 Å². The first-order valence-electron chi connectivity index (χ1n) is 5.96. The smallest absolute Gasteiger partial charge is 0.318 e. The third-order valence-electron chi connectivity index (χ3n) is 3.58. The third kappa shape index (κ3) is 2.44. The van der Waals surface area contributed by atoms with Crippen LogP contribution in [0.4, 0.5) is 4.79 Å². The molecule has 0 aromatic carbocycles. The standard InChI is InChI=1S/C12H24N2O/c1-9(2)12(5)7-6-8-14(12)11(15)13-10(3)4/h9-10H,6-8H2,1-5H3,(H,13,15). The number of carbonyl (C=O) groups excluding carboxylic acids is 1. The first kappa shape index (κ1) is 12.3. The molecule has 0 aliphatic carbocycles. The predicted octanol–water partition coefficient (Wildman–Crippen LogP) is 2.61. The molecule has 1 aliphatic rings. The zero-order valence-corrected chi connectivity index (χ0v) is 10.6. The van der Waals surface area contributed by atoms with E-state index in [1.54, 1.807) is 0 Å². The Hall–Kier alpha value is -0.730. The van der Waals surface area contributed by atoms with Gasteiger partial charge in [0.1, 0.15) is 0 Å². The molecular formula is C12H24N2O. The first-order chi connectivity index (χ1) is 6.88. The summed E-state index contributed by atoms with van der Waals surface area (Å²) in [7, 11) is 0. The van der Waals surface area contributed by atoms with Gasteiger partial charge in [-0.05, 0) is 39.5 Å². The van der Waals surface area contributed by atoms with Gasteiger partial charge in [0.2, 0.25) is 0 Å². The molecule has 0 aromatic heterocycles. The predicted molar refractivity (Wildman–Crippen MR) is 62.9 cm³/mol. The molecule has 1 rings (SSSR count). The first-order valence-corrected chi connectivity index (χ1v) is 5.96. The van der Waals surface area contributed by atoms with Crippen LogP contribution in [0.2, 0.25) is 0 Å². The van der Waals surface area contributed by atoms with E-state index < -0.39 is 0 Å². The van der Waals surface area contributed by atoms with E-state index in [1.165, 1.54) is 0 Å². The maximum absolute atomic E-state index is 12.0. The number of nitrogens with one attached hydrogen (secondary N) is 1. The van der Waals surface area contributed by atoms with Crippen molar-refractivity contribution in [1.82, 2.24) is 10.2 Å². The fourth-order valence-corrected chi connectivity index (χ4v) is 2.24. The highest BCUT2D eigenvalue weighted by Gasteiger charge is 2.41. The molecule has 3 nitrogen and oxygen atoms in total. The maximum Gasteiger partial charge on any atom is 0.318 e. The van der Waals surface area contributed by atoms with Crippen molar-refractivity contribution in [3.8, 4) is 0 Å². The Balaban J connectivity index is 2.72. The average Bonchev–Trinajstić information content (AvgIpc) is 2.47. The van der Waals surface area contributed by atoms with Crippen LogP contribution < -0.4 is 5.32 Å². The summed E-state index contributed by atoms with van der Waals surface area (Å²) in [4.78, 5) is 14.0. The zero-order chi connectivity index (χ0) is 11.6. The summed E-state index contributed by atoms with van der Waals surface area (Å²) < 4.78 is 0. The number of hydrogen-bond acceptors (Lipinski definition) is 1. The molecule has 1 aliphatic heterocycles. The lowest BCUT2D eigenvalue weighted by atomic mass is 9.86. The summed E-state index contributed by atoms with van der Waals surface area (Å²) in [5.41, 5.74) is 0.0406. The highest BCUT2D eigenvalue weighted by Crippen LogP contribution is 2.35. The molecule has 88 valence electrons. The van der Waals surface area contributed by atoms with Crippen molar-refractivity contribution in [2.75, 3.05) is 6.54 Å². The Kier molecular flexibility index (Phi) is 3.63. The SMILES string of the molecule is CC(C)NC(=O)N1CCCC1(C)C(C)C. The Morgan fingerprint density at radius 1 is 1.33 bits per heavy atom. The van der Waals surface area contributed by atoms with Crippen molar-refractivity contribution in [2.45, 2.75) is 59.0 Å². The van der Waals surface area contributed by atoms with Gasteiger partial charge in [0.05, 0.1) is 0 Å². The Bertz CT molecular complexity index is 238. The van der Waals surface area contributed by atoms with Crippen molar-refractivity contribution in [1.29, 1.82) is 0 Å². The lowest BCUT2D eigenvalue weighted by Gasteiger charge is -2.39. The van der Waals surface area contributed by atoms with Crippen LogP contribution in [-0.4, -0.2) is 29.1 Å². The summed E-state index contributed by atoms with van der Waals surface area (Å²) in [6, 6.07) is 0.313. The third-order valence-corrected chi connectivity index (χ3v) is 3.58. The lowest BCUT2D eigenvalue weighted by Crippen LogP contribution is -2.53. The second-order valence-electron chi connectivity index (χ2n) is 5.37. The van der Waals surface area contributed by atoms with Crippen LogP contribution in [0.15, 0.2) is 0 Å². The quantitative estimate of drug-likeness (QED) is 0.749. The summed E-state index contributed by atoms with van der Waals surface area (Å²) >= 11 is 0. The van der Waals surface area contributed by atoms with Crippen molar-refractivity contribution >= 4 is 6.03 Å². The van der Waals surface area contributed by atoms with E-state index >= 15 is 0 Å². The highest BCUT2D eigenvalue weighted by molar-refractivity contribution is 5.75. The largest absolute Gasteiger partial charge is 0.336 e. The summed E-state index contributed by atoms with van der Waals surface area (Å²) in [5.74, 6) is 0.512. The number of rotatable bonds is 2. The molecular weight excluding hydrogens is 188 g/mol. The number of likely N-dealkylation sites (tertiary alicyclic amines) is 1. The van der Waals surface area contributed by atoms with E-state index in [9.17, 15) is 4.79 Å². The van der Waals surface area contributed by atoms with Gasteiger partial charge >= 0.3 is 6.03 Å². The van der Waals surface area contributed by atoms with Crippen LogP contribution >= 0.6 is 0 Å². The van der Waals surface area contributed by atoms with Crippen LogP contribution in [0, 0.1) is 5.92 Å². The molecule has 1 atom stereocenters. The van der Waals surface area contributed by atoms with Crippen LogP contribution in [0.3, 0.4) is 0 Å². The van der Waals surface area contributed by atoms with Crippen molar-refractivity contribution < 1.29 is 4.79 Å². The number of hydrogen-bond donors (Lipinski definition) is 1. The Labute approximate surface area is 93.2 Å². The van der Waals surface area contributed by atoms with Gasteiger partial charge in [0.15, 0.2) is 0 Å². The Morgan fingerprint density at radius 2 is 1.93 bits per heavy atom. The van der Waals surface area contributed by atoms with E-state index in [4.69, 9.17) is 0 Å². The summed E-state index contributed by atoms with van der Waals surface area (Å²) in [6.45, 7) is 11.5. The van der Waals surface area contributed by atoms with Gasteiger partial charge in [-0.25, -0.2) is 4.79 Å². The van der Waals surface area contributed by atoms with E-state index in [0.29, 0.717) is 5.92 Å². The molecule has 1 unspecified atom stereocenters. The van der Waals surface area contributed by atoms with E-state index in [-0.39, 0.29) is 17.6 Å². The minimum atomic E-state index is 0.0406. The van der Waals surface area contributed by atoms with E-state index in [1.807, 2.05) is 18.7 Å². The van der Waals surface area contributed by atoms with Crippen molar-refractivity contribution in [3.63, 3.8) is 0 Å². The number of amides is 2. The Morgan fingerprint density at radius 3 is 2.40 bits per heavy atom. The van der Waals surface area contributed by atoms with Gasteiger partial charge in [0.25, 0.3) is 0 Å². The summed E-state index contributed by atoms with van der Waals surface area (Å²) in [6.07, 6.45) is 2.25. The maximum atomic E-state index is 12.0. The van der Waals surface area contributed by atoms with Crippen LogP contribution in [0.5, 0.6) is 0 Å². The number of nitrogens with zero attached hydrogens (tertiary/aromatic N) is 1. The fraction of sp³-hybridized carbons (Fsp3) is 0.917. The monoisotopic (exact) mass is 212 g/mol. The number of urea groups is 1. The fourth-order valence-electron chi connectivity index (χ4n) is 2.24. The molecule has 15 heavy (non-hydrogen) atoms. The van der Waals surface area contributed by atoms with Gasteiger partial charge < -0.3 is 10.2 Å². The van der Waals surface area contributed by atoms with Crippen LogP contribution in [0.1, 0.15) is 47.5 Å². The molecule has 1 fully saturated rings. The van der Waals surface area contributed by atoms with Crippen molar-refractivity contribution in [3.05, 3.63) is 0 Å². The lowest BCUT2D eigenvalue weighted by molar-refractivity contribution is 0.121. The average molecular weight is 212 g/mol. The van der Waals surface area contributed by atoms with E-state index in [0.717, 1.165) is 19.4 Å². The van der Waals surface area contributed by atoms with E-state index in [2.05, 4.69) is 26.1 Å².